The number of hydrogen-bond donors (Lipinski definition) is 1. The fraction of sp³-hybridized carbons (Fsp3) is 0.562. The van der Waals surface area contributed by atoms with Crippen molar-refractivity contribution in [3.8, 4) is 0 Å². The number of carbonyl (C=O) groups is 1. The van der Waals surface area contributed by atoms with Gasteiger partial charge in [0, 0.05) is 26.2 Å². The van der Waals surface area contributed by atoms with Crippen LogP contribution in [0.15, 0.2) is 18.2 Å². The maximum atomic E-state index is 14.0. The summed E-state index contributed by atoms with van der Waals surface area (Å²) in [6, 6.07) is 4.64. The molecule has 21 heavy (non-hydrogen) atoms. The van der Waals surface area contributed by atoms with Gasteiger partial charge in [0.1, 0.15) is 5.82 Å². The summed E-state index contributed by atoms with van der Waals surface area (Å²) in [6.07, 6.45) is 1.69. The van der Waals surface area contributed by atoms with E-state index in [4.69, 9.17) is 4.74 Å². The van der Waals surface area contributed by atoms with Crippen molar-refractivity contribution < 1.29 is 13.9 Å². The number of rotatable bonds is 4. The normalized spacial score (nSPS) is 19.2. The molecule has 4 nitrogen and oxygen atoms in total. The Bertz CT molecular complexity index is 493. The van der Waals surface area contributed by atoms with E-state index in [1.54, 1.807) is 17.0 Å². The Kier molecular flexibility index (Phi) is 5.56. The van der Waals surface area contributed by atoms with Gasteiger partial charge < -0.3 is 15.0 Å². The minimum atomic E-state index is -0.381. The monoisotopic (exact) mass is 294 g/mol. The van der Waals surface area contributed by atoms with E-state index in [2.05, 4.69) is 5.32 Å². The van der Waals surface area contributed by atoms with Gasteiger partial charge in [0.15, 0.2) is 0 Å². The number of benzene rings is 1. The highest BCUT2D eigenvalue weighted by Gasteiger charge is 2.24. The predicted octanol–water partition coefficient (Wildman–Crippen LogP) is 2.90. The first-order valence-electron chi connectivity index (χ1n) is 7.56. The van der Waals surface area contributed by atoms with Crippen LogP contribution in [-0.2, 0) is 4.74 Å². The van der Waals surface area contributed by atoms with Gasteiger partial charge in [0.05, 0.1) is 17.4 Å². The molecule has 1 amide bonds. The van der Waals surface area contributed by atoms with Crippen LogP contribution in [0, 0.1) is 5.82 Å². The summed E-state index contributed by atoms with van der Waals surface area (Å²) in [4.78, 5) is 14.5. The molecule has 0 radical (unpaired) electrons. The molecule has 116 valence electrons. The highest BCUT2D eigenvalue weighted by Crippen LogP contribution is 2.22. The first-order valence-corrected chi connectivity index (χ1v) is 7.56. The highest BCUT2D eigenvalue weighted by molar-refractivity contribution is 5.99. The molecule has 1 aromatic rings. The molecule has 0 bridgehead atoms. The quantitative estimate of drug-likeness (QED) is 0.928. The molecule has 1 aliphatic rings. The molecule has 1 N–H and O–H groups in total. The van der Waals surface area contributed by atoms with E-state index in [-0.39, 0.29) is 17.8 Å². The molecule has 0 aliphatic carbocycles. The molecule has 1 saturated heterocycles. The minimum absolute atomic E-state index is 0.0112. The molecule has 1 atom stereocenters. The zero-order valence-electron chi connectivity index (χ0n) is 12.7. The summed E-state index contributed by atoms with van der Waals surface area (Å²) in [5.74, 6) is -0.515. The maximum Gasteiger partial charge on any atom is 0.256 e. The lowest BCUT2D eigenvalue weighted by Gasteiger charge is -2.23. The molecule has 0 aromatic heterocycles. The average Bonchev–Trinajstić information content (AvgIpc) is 2.69. The average molecular weight is 294 g/mol. The summed E-state index contributed by atoms with van der Waals surface area (Å²) in [5.41, 5.74) is 0.708. The summed E-state index contributed by atoms with van der Waals surface area (Å²) >= 11 is 0. The van der Waals surface area contributed by atoms with Gasteiger partial charge in [-0.2, -0.15) is 0 Å². The molecule has 1 unspecified atom stereocenters. The minimum Gasteiger partial charge on any atom is -0.382 e. The zero-order chi connectivity index (χ0) is 15.2. The lowest BCUT2D eigenvalue weighted by molar-refractivity contribution is 0.0563. The summed E-state index contributed by atoms with van der Waals surface area (Å²) in [5, 5.41) is 3.02. The zero-order valence-corrected chi connectivity index (χ0v) is 12.7. The second-order valence-corrected chi connectivity index (χ2v) is 5.38. The number of nitrogens with one attached hydrogen (secondary N) is 1. The van der Waals surface area contributed by atoms with Crippen molar-refractivity contribution in [3.05, 3.63) is 29.6 Å². The van der Waals surface area contributed by atoms with Crippen molar-refractivity contribution in [3.63, 3.8) is 0 Å². The summed E-state index contributed by atoms with van der Waals surface area (Å²) < 4.78 is 19.6. The van der Waals surface area contributed by atoms with Crippen molar-refractivity contribution in [2.75, 3.05) is 31.6 Å². The molecule has 1 aliphatic heterocycles. The van der Waals surface area contributed by atoms with E-state index >= 15 is 0 Å². The predicted molar refractivity (Wildman–Crippen MR) is 81.1 cm³/mol. The van der Waals surface area contributed by atoms with Crippen LogP contribution in [-0.4, -0.2) is 43.2 Å². The van der Waals surface area contributed by atoms with E-state index in [9.17, 15) is 9.18 Å². The van der Waals surface area contributed by atoms with Crippen molar-refractivity contribution in [2.45, 2.75) is 32.8 Å². The van der Waals surface area contributed by atoms with Gasteiger partial charge in [0.25, 0.3) is 5.91 Å². The van der Waals surface area contributed by atoms with Gasteiger partial charge in [0.2, 0.25) is 0 Å². The van der Waals surface area contributed by atoms with Gasteiger partial charge >= 0.3 is 0 Å². The number of ether oxygens (including phenoxy) is 1. The second-order valence-electron chi connectivity index (χ2n) is 5.38. The van der Waals surface area contributed by atoms with Gasteiger partial charge in [-0.05, 0) is 31.9 Å². The lowest BCUT2D eigenvalue weighted by Crippen LogP contribution is -2.36. The third kappa shape index (κ3) is 3.94. The molecular weight excluding hydrogens is 271 g/mol. The largest absolute Gasteiger partial charge is 0.382 e. The first kappa shape index (κ1) is 15.8. The summed E-state index contributed by atoms with van der Waals surface area (Å²) in [6.45, 7) is 6.45. The van der Waals surface area contributed by atoms with Crippen LogP contribution >= 0.6 is 0 Å². The van der Waals surface area contributed by atoms with Crippen LogP contribution < -0.4 is 5.32 Å². The molecular formula is C16H23FN2O2. The third-order valence-electron chi connectivity index (χ3n) is 3.54. The van der Waals surface area contributed by atoms with Gasteiger partial charge in [-0.15, -0.1) is 0 Å². The summed E-state index contributed by atoms with van der Waals surface area (Å²) in [7, 11) is 0. The van der Waals surface area contributed by atoms with Crippen molar-refractivity contribution in [1.29, 1.82) is 0 Å². The van der Waals surface area contributed by atoms with E-state index in [1.165, 1.54) is 6.07 Å². The molecule has 5 heteroatoms. The fourth-order valence-electron chi connectivity index (χ4n) is 2.48. The Labute approximate surface area is 125 Å². The van der Waals surface area contributed by atoms with Crippen LogP contribution in [0.4, 0.5) is 10.1 Å². The molecule has 1 heterocycles. The SMILES string of the molecule is CCCNc1c(F)cccc1C(=O)N1CCCOC(C)C1. The Morgan fingerprint density at radius 1 is 1.52 bits per heavy atom. The smallest absolute Gasteiger partial charge is 0.256 e. The van der Waals surface area contributed by atoms with Crippen LogP contribution in [0.1, 0.15) is 37.0 Å². The standard InChI is InChI=1S/C16H23FN2O2/c1-3-8-18-15-13(6-4-7-14(15)17)16(20)19-9-5-10-21-12(2)11-19/h4,6-7,12,18H,3,5,8-11H2,1-2H3. The van der Waals surface area contributed by atoms with Crippen LogP contribution in [0.3, 0.4) is 0 Å². The van der Waals surface area contributed by atoms with Crippen molar-refractivity contribution >= 4 is 11.6 Å². The fourth-order valence-corrected chi connectivity index (χ4v) is 2.48. The second kappa shape index (κ2) is 7.41. The number of anilines is 1. The molecule has 1 fully saturated rings. The number of para-hydroxylation sites is 1. The van der Waals surface area contributed by atoms with E-state index in [0.29, 0.717) is 37.5 Å². The van der Waals surface area contributed by atoms with E-state index < -0.39 is 0 Å². The number of halogens is 1. The first-order chi connectivity index (χ1) is 10.1. The van der Waals surface area contributed by atoms with E-state index in [1.807, 2.05) is 13.8 Å². The Hall–Kier alpha value is -1.62. The Morgan fingerprint density at radius 3 is 3.10 bits per heavy atom. The third-order valence-corrected chi connectivity index (χ3v) is 3.54. The maximum absolute atomic E-state index is 14.0. The number of amides is 1. The van der Waals surface area contributed by atoms with E-state index in [0.717, 1.165) is 12.8 Å². The van der Waals surface area contributed by atoms with Gasteiger partial charge in [-0.3, -0.25) is 4.79 Å². The van der Waals surface area contributed by atoms with Crippen LogP contribution in [0.5, 0.6) is 0 Å². The molecule has 2 rings (SSSR count). The Balaban J connectivity index is 2.23. The van der Waals surface area contributed by atoms with Crippen molar-refractivity contribution in [2.24, 2.45) is 0 Å². The Morgan fingerprint density at radius 2 is 2.33 bits per heavy atom. The molecule has 0 spiro atoms. The van der Waals surface area contributed by atoms with Crippen LogP contribution in [0.25, 0.3) is 0 Å². The number of carbonyl (C=O) groups excluding carboxylic acids is 1. The number of hydrogen-bond acceptors (Lipinski definition) is 3. The van der Waals surface area contributed by atoms with Crippen LogP contribution in [0.2, 0.25) is 0 Å². The van der Waals surface area contributed by atoms with Crippen molar-refractivity contribution in [1.82, 2.24) is 4.90 Å². The molecule has 1 aromatic carbocycles. The molecule has 0 saturated carbocycles. The highest BCUT2D eigenvalue weighted by atomic mass is 19.1. The topological polar surface area (TPSA) is 41.6 Å². The van der Waals surface area contributed by atoms with Gasteiger partial charge in [-0.1, -0.05) is 13.0 Å². The lowest BCUT2D eigenvalue weighted by atomic mass is 10.1. The number of nitrogens with zero attached hydrogens (tertiary/aromatic N) is 1. The van der Waals surface area contributed by atoms with Gasteiger partial charge in [-0.25, -0.2) is 4.39 Å².